The Morgan fingerprint density at radius 2 is 2.00 bits per heavy atom. The molecule has 0 unspecified atom stereocenters. The van der Waals surface area contributed by atoms with Crippen LogP contribution in [0.4, 0.5) is 11.4 Å². The molecule has 1 aliphatic heterocycles. The third-order valence-electron chi connectivity index (χ3n) is 4.25. The molecule has 0 radical (unpaired) electrons. The summed E-state index contributed by atoms with van der Waals surface area (Å²) in [5.41, 5.74) is 1.89. The zero-order valence-corrected chi connectivity index (χ0v) is 20.2. The highest BCUT2D eigenvalue weighted by atomic mass is 79.9. The zero-order valence-electron chi connectivity index (χ0n) is 15.4. The zero-order chi connectivity index (χ0) is 21.0. The Labute approximate surface area is 196 Å². The van der Waals surface area contributed by atoms with Crippen molar-refractivity contribution in [3.8, 4) is 5.75 Å². The molecular formula is C19H18Br2ClN3O3S. The molecule has 2 aromatic carbocycles. The van der Waals surface area contributed by atoms with E-state index in [1.807, 2.05) is 18.2 Å². The molecule has 1 aliphatic rings. The van der Waals surface area contributed by atoms with E-state index in [0.29, 0.717) is 39.7 Å². The quantitative estimate of drug-likeness (QED) is 0.520. The second kappa shape index (κ2) is 10.1. The number of amides is 1. The molecule has 3 rings (SSSR count). The normalized spacial score (nSPS) is 13.7. The summed E-state index contributed by atoms with van der Waals surface area (Å²) in [5.74, 6) is 0.0292. The molecule has 1 saturated heterocycles. The molecule has 0 bridgehead atoms. The van der Waals surface area contributed by atoms with Crippen molar-refractivity contribution in [1.29, 1.82) is 0 Å². The number of methoxy groups -OCH3 is 1. The SMILES string of the molecule is COc1c(Br)cc(Br)cc1C(=O)NC(=S)Nc1cccc(Cl)c1N1CCOCC1. The van der Waals surface area contributed by atoms with Gasteiger partial charge in [0.1, 0.15) is 5.75 Å². The third kappa shape index (κ3) is 5.40. The van der Waals surface area contributed by atoms with Gasteiger partial charge in [0.05, 0.1) is 46.8 Å². The number of anilines is 2. The van der Waals surface area contributed by atoms with E-state index in [9.17, 15) is 4.79 Å². The minimum atomic E-state index is -0.392. The number of nitrogens with one attached hydrogen (secondary N) is 2. The first-order valence-corrected chi connectivity index (χ1v) is 11.0. The van der Waals surface area contributed by atoms with Crippen molar-refractivity contribution in [3.63, 3.8) is 0 Å². The lowest BCUT2D eigenvalue weighted by Crippen LogP contribution is -2.38. The van der Waals surface area contributed by atoms with E-state index in [4.69, 9.17) is 33.3 Å². The number of para-hydroxylation sites is 1. The van der Waals surface area contributed by atoms with Crippen molar-refractivity contribution in [1.82, 2.24) is 5.32 Å². The van der Waals surface area contributed by atoms with E-state index in [1.165, 1.54) is 7.11 Å². The number of rotatable bonds is 4. The van der Waals surface area contributed by atoms with E-state index in [2.05, 4.69) is 47.4 Å². The number of ether oxygens (including phenoxy) is 2. The number of hydrogen-bond donors (Lipinski definition) is 2. The molecule has 0 spiro atoms. The molecule has 29 heavy (non-hydrogen) atoms. The highest BCUT2D eigenvalue weighted by Gasteiger charge is 2.20. The van der Waals surface area contributed by atoms with Crippen LogP contribution in [0.25, 0.3) is 0 Å². The minimum absolute atomic E-state index is 0.157. The topological polar surface area (TPSA) is 62.8 Å². The molecule has 0 aromatic heterocycles. The molecule has 0 atom stereocenters. The van der Waals surface area contributed by atoms with Gasteiger partial charge in [0.2, 0.25) is 0 Å². The standard InChI is InChI=1S/C19H18Br2ClN3O3S/c1-27-17-12(9-11(20)10-13(17)21)18(26)24-19(29)23-15-4-2-3-14(22)16(15)25-5-7-28-8-6-25/h2-4,9-10H,5-8H2,1H3,(H2,23,24,26,29). The van der Waals surface area contributed by atoms with Crippen molar-refractivity contribution in [2.45, 2.75) is 0 Å². The van der Waals surface area contributed by atoms with Crippen LogP contribution in [0.15, 0.2) is 39.3 Å². The maximum Gasteiger partial charge on any atom is 0.261 e. The lowest BCUT2D eigenvalue weighted by Gasteiger charge is -2.31. The van der Waals surface area contributed by atoms with Gasteiger partial charge in [-0.15, -0.1) is 0 Å². The number of nitrogens with zero attached hydrogens (tertiary/aromatic N) is 1. The number of morpholine rings is 1. The van der Waals surface area contributed by atoms with Crippen LogP contribution in [0.1, 0.15) is 10.4 Å². The van der Waals surface area contributed by atoms with Gasteiger partial charge in [-0.25, -0.2) is 0 Å². The van der Waals surface area contributed by atoms with E-state index in [0.717, 1.165) is 23.2 Å². The van der Waals surface area contributed by atoms with E-state index < -0.39 is 5.91 Å². The number of carbonyl (C=O) groups excluding carboxylic acids is 1. The molecule has 1 fully saturated rings. The monoisotopic (exact) mass is 561 g/mol. The first-order chi connectivity index (χ1) is 13.9. The van der Waals surface area contributed by atoms with E-state index >= 15 is 0 Å². The second-order valence-electron chi connectivity index (χ2n) is 6.11. The van der Waals surface area contributed by atoms with Gasteiger partial charge in [0.25, 0.3) is 5.91 Å². The molecule has 0 aliphatic carbocycles. The van der Waals surface area contributed by atoms with Gasteiger partial charge in [0.15, 0.2) is 5.11 Å². The maximum absolute atomic E-state index is 12.8. The fourth-order valence-corrected chi connectivity index (χ4v) is 4.87. The number of benzene rings is 2. The highest BCUT2D eigenvalue weighted by molar-refractivity contribution is 9.11. The predicted octanol–water partition coefficient (Wildman–Crippen LogP) is 4.84. The van der Waals surface area contributed by atoms with Crippen molar-refractivity contribution >= 4 is 78.1 Å². The maximum atomic E-state index is 12.8. The smallest absolute Gasteiger partial charge is 0.261 e. The van der Waals surface area contributed by atoms with Gasteiger partial charge in [-0.05, 0) is 52.4 Å². The van der Waals surface area contributed by atoms with Crippen molar-refractivity contribution in [2.24, 2.45) is 0 Å². The molecule has 1 amide bonds. The van der Waals surface area contributed by atoms with Crippen LogP contribution >= 0.6 is 55.7 Å². The first kappa shape index (κ1) is 22.3. The van der Waals surface area contributed by atoms with Crippen molar-refractivity contribution in [2.75, 3.05) is 43.6 Å². The fourth-order valence-electron chi connectivity index (χ4n) is 2.99. The number of hydrogen-bond acceptors (Lipinski definition) is 5. The summed E-state index contributed by atoms with van der Waals surface area (Å²) in [6, 6.07) is 8.98. The summed E-state index contributed by atoms with van der Waals surface area (Å²) in [4.78, 5) is 14.9. The van der Waals surface area contributed by atoms with Gasteiger partial charge in [-0.2, -0.15) is 0 Å². The van der Waals surface area contributed by atoms with E-state index in [1.54, 1.807) is 12.1 Å². The number of carbonyl (C=O) groups is 1. The van der Waals surface area contributed by atoms with Crippen LogP contribution in [0.2, 0.25) is 5.02 Å². The highest BCUT2D eigenvalue weighted by Crippen LogP contribution is 2.35. The second-order valence-corrected chi connectivity index (χ2v) is 8.70. The van der Waals surface area contributed by atoms with Crippen LogP contribution < -0.4 is 20.3 Å². The molecular weight excluding hydrogens is 546 g/mol. The molecule has 2 aromatic rings. The van der Waals surface area contributed by atoms with Gasteiger partial charge in [-0.3, -0.25) is 10.1 Å². The molecule has 10 heteroatoms. The Kier molecular flexibility index (Phi) is 7.75. The summed E-state index contributed by atoms with van der Waals surface area (Å²) in [6.45, 7) is 2.70. The van der Waals surface area contributed by atoms with Crippen LogP contribution in [-0.4, -0.2) is 44.4 Å². The Balaban J connectivity index is 1.78. The Bertz CT molecular complexity index is 939. The summed E-state index contributed by atoms with van der Waals surface area (Å²) >= 11 is 18.6. The summed E-state index contributed by atoms with van der Waals surface area (Å²) in [6.07, 6.45) is 0. The fraction of sp³-hybridized carbons (Fsp3) is 0.263. The van der Waals surface area contributed by atoms with Crippen LogP contribution in [0.5, 0.6) is 5.75 Å². The van der Waals surface area contributed by atoms with Gasteiger partial charge in [0, 0.05) is 17.6 Å². The number of halogens is 3. The van der Waals surface area contributed by atoms with Crippen molar-refractivity contribution < 1.29 is 14.3 Å². The van der Waals surface area contributed by atoms with Gasteiger partial charge in [-0.1, -0.05) is 33.6 Å². The Hall–Kier alpha value is -1.39. The lowest BCUT2D eigenvalue weighted by atomic mass is 10.2. The Morgan fingerprint density at radius 3 is 2.69 bits per heavy atom. The minimum Gasteiger partial charge on any atom is -0.495 e. The molecule has 0 saturated carbocycles. The summed E-state index contributed by atoms with van der Waals surface area (Å²) < 4.78 is 12.1. The summed E-state index contributed by atoms with van der Waals surface area (Å²) in [7, 11) is 1.50. The molecule has 154 valence electrons. The predicted molar refractivity (Wildman–Crippen MR) is 127 cm³/mol. The van der Waals surface area contributed by atoms with Crippen LogP contribution in [-0.2, 0) is 4.74 Å². The van der Waals surface area contributed by atoms with Gasteiger partial charge >= 0.3 is 0 Å². The first-order valence-electron chi connectivity index (χ1n) is 8.67. The third-order valence-corrected chi connectivity index (χ3v) is 5.80. The van der Waals surface area contributed by atoms with Crippen LogP contribution in [0, 0.1) is 0 Å². The average molecular weight is 564 g/mol. The lowest BCUT2D eigenvalue weighted by molar-refractivity contribution is 0.0974. The summed E-state index contributed by atoms with van der Waals surface area (Å²) in [5, 5.41) is 6.54. The van der Waals surface area contributed by atoms with E-state index in [-0.39, 0.29) is 5.11 Å². The Morgan fingerprint density at radius 1 is 1.28 bits per heavy atom. The van der Waals surface area contributed by atoms with Gasteiger partial charge < -0.3 is 19.7 Å². The molecule has 1 heterocycles. The van der Waals surface area contributed by atoms with Crippen LogP contribution in [0.3, 0.4) is 0 Å². The number of thiocarbonyl (C=S) groups is 1. The molecule has 2 N–H and O–H groups in total. The largest absolute Gasteiger partial charge is 0.495 e. The van der Waals surface area contributed by atoms with Crippen molar-refractivity contribution in [3.05, 3.63) is 49.9 Å². The molecule has 6 nitrogen and oxygen atoms in total. The average Bonchev–Trinajstić information content (AvgIpc) is 2.68.